The number of hydrogen-bond donors (Lipinski definition) is 2. The first-order valence-electron chi connectivity index (χ1n) is 9.55. The Labute approximate surface area is 149 Å². The lowest BCUT2D eigenvalue weighted by Gasteiger charge is -2.59. The summed E-state index contributed by atoms with van der Waals surface area (Å²) in [5, 5.41) is 21.8. The number of rotatable bonds is 0. The minimum atomic E-state index is -1.15. The van der Waals surface area contributed by atoms with Gasteiger partial charge in [0.2, 0.25) is 0 Å². The van der Waals surface area contributed by atoms with Crippen molar-refractivity contribution in [2.75, 3.05) is 0 Å². The summed E-state index contributed by atoms with van der Waals surface area (Å²) in [6.45, 7) is 7.89. The van der Waals surface area contributed by atoms with Gasteiger partial charge in [-0.2, -0.15) is 0 Å². The molecule has 3 nitrogen and oxygen atoms in total. The zero-order valence-corrected chi connectivity index (χ0v) is 15.5. The van der Waals surface area contributed by atoms with Crippen molar-refractivity contribution in [2.45, 2.75) is 65.3 Å². The molecule has 25 heavy (non-hydrogen) atoms. The predicted octanol–water partition coefficient (Wildman–Crippen LogP) is 3.21. The van der Waals surface area contributed by atoms with Crippen LogP contribution in [0.2, 0.25) is 0 Å². The van der Waals surface area contributed by atoms with Crippen LogP contribution in [0.15, 0.2) is 23.3 Å². The maximum atomic E-state index is 15.1. The summed E-state index contributed by atoms with van der Waals surface area (Å²) < 4.78 is 15.1. The average Bonchev–Trinajstić information content (AvgIpc) is 2.73. The summed E-state index contributed by atoms with van der Waals surface area (Å²) in [6, 6.07) is 0. The fourth-order valence-corrected chi connectivity index (χ4v) is 6.97. The molecule has 0 aromatic heterocycles. The van der Waals surface area contributed by atoms with E-state index in [1.54, 1.807) is 6.92 Å². The van der Waals surface area contributed by atoms with Gasteiger partial charge in [0.25, 0.3) is 0 Å². The number of fused-ring (bicyclic) bond motifs is 5. The van der Waals surface area contributed by atoms with Crippen molar-refractivity contribution in [1.82, 2.24) is 0 Å². The first-order valence-corrected chi connectivity index (χ1v) is 9.55. The molecule has 0 radical (unpaired) electrons. The van der Waals surface area contributed by atoms with E-state index in [9.17, 15) is 15.0 Å². The van der Waals surface area contributed by atoms with E-state index < -0.39 is 23.8 Å². The molecule has 0 saturated heterocycles. The van der Waals surface area contributed by atoms with E-state index in [4.69, 9.17) is 0 Å². The van der Waals surface area contributed by atoms with Crippen LogP contribution in [0.1, 0.15) is 47.0 Å². The van der Waals surface area contributed by atoms with Crippen LogP contribution in [-0.4, -0.2) is 34.4 Å². The second kappa shape index (κ2) is 5.26. The zero-order valence-electron chi connectivity index (χ0n) is 15.5. The molecule has 138 valence electrons. The molecule has 0 aromatic rings. The van der Waals surface area contributed by atoms with Crippen LogP contribution in [0.5, 0.6) is 0 Å². The SMILES string of the molecule is CC1=C[C@@]2(C)C(=CC1=O)[C@@H](F)C[C@@H]1[C@@H]2[C@@H](O)C[C@]2(C)[C@H](O)[C@H](C)C[C@@H]12. The van der Waals surface area contributed by atoms with Gasteiger partial charge in [-0.05, 0) is 66.6 Å². The summed E-state index contributed by atoms with van der Waals surface area (Å²) in [5.74, 6) is 0.212. The van der Waals surface area contributed by atoms with E-state index in [0.29, 0.717) is 24.0 Å². The number of allylic oxidation sites excluding steroid dienone is 4. The normalized spacial score (nSPS) is 55.0. The highest BCUT2D eigenvalue weighted by Gasteiger charge is 2.64. The standard InChI is InChI=1S/C21H29FO3/c1-10-5-13-12-6-15(22)14-7-16(23)11(2)8-20(14,3)18(12)17(24)9-21(13,4)19(10)25/h7-8,10,12-13,15,17-19,24-25H,5-6,9H2,1-4H3/t10-,12+,13+,15+,17+,18-,19-,20+,21+/m1/s1. The molecule has 4 aliphatic rings. The van der Waals surface area contributed by atoms with Crippen molar-refractivity contribution >= 4 is 5.78 Å². The van der Waals surface area contributed by atoms with Crippen LogP contribution in [0.4, 0.5) is 4.39 Å². The van der Waals surface area contributed by atoms with Gasteiger partial charge in [-0.3, -0.25) is 4.79 Å². The predicted molar refractivity (Wildman–Crippen MR) is 93.5 cm³/mol. The smallest absolute Gasteiger partial charge is 0.181 e. The summed E-state index contributed by atoms with van der Waals surface area (Å²) >= 11 is 0. The lowest BCUT2D eigenvalue weighted by Crippen LogP contribution is -2.58. The van der Waals surface area contributed by atoms with Crippen LogP contribution < -0.4 is 0 Å². The van der Waals surface area contributed by atoms with Crippen LogP contribution >= 0.6 is 0 Å². The van der Waals surface area contributed by atoms with Crippen LogP contribution in [0.25, 0.3) is 0 Å². The fraction of sp³-hybridized carbons (Fsp3) is 0.762. The number of carbonyl (C=O) groups excluding carboxylic acids is 1. The van der Waals surface area contributed by atoms with Crippen molar-refractivity contribution in [3.63, 3.8) is 0 Å². The van der Waals surface area contributed by atoms with E-state index in [1.807, 2.05) is 13.0 Å². The van der Waals surface area contributed by atoms with E-state index in [1.165, 1.54) is 6.08 Å². The Hall–Kier alpha value is -1.00. The van der Waals surface area contributed by atoms with Gasteiger partial charge in [-0.25, -0.2) is 4.39 Å². The molecule has 3 saturated carbocycles. The fourth-order valence-electron chi connectivity index (χ4n) is 6.97. The van der Waals surface area contributed by atoms with Crippen molar-refractivity contribution in [3.05, 3.63) is 23.3 Å². The van der Waals surface area contributed by atoms with Crippen molar-refractivity contribution in [2.24, 2.45) is 34.5 Å². The van der Waals surface area contributed by atoms with E-state index in [2.05, 4.69) is 13.8 Å². The monoisotopic (exact) mass is 348 g/mol. The summed E-state index contributed by atoms with van der Waals surface area (Å²) in [7, 11) is 0. The van der Waals surface area contributed by atoms with Crippen LogP contribution in [0.3, 0.4) is 0 Å². The largest absolute Gasteiger partial charge is 0.393 e. The molecule has 3 fully saturated rings. The van der Waals surface area contributed by atoms with Gasteiger partial charge in [-0.15, -0.1) is 0 Å². The molecule has 4 rings (SSSR count). The average molecular weight is 348 g/mol. The lowest BCUT2D eigenvalue weighted by molar-refractivity contribution is -0.138. The first-order chi connectivity index (χ1) is 11.6. The molecule has 4 aliphatic carbocycles. The Morgan fingerprint density at radius 1 is 1.24 bits per heavy atom. The van der Waals surface area contributed by atoms with Gasteiger partial charge in [-0.1, -0.05) is 26.8 Å². The second-order valence-electron chi connectivity index (χ2n) is 9.51. The maximum absolute atomic E-state index is 15.1. The molecule has 4 heteroatoms. The Balaban J connectivity index is 1.81. The molecular formula is C21H29FO3. The highest BCUT2D eigenvalue weighted by atomic mass is 19.1. The molecule has 0 aromatic carbocycles. The maximum Gasteiger partial charge on any atom is 0.181 e. The third kappa shape index (κ3) is 2.13. The number of ketones is 1. The second-order valence-corrected chi connectivity index (χ2v) is 9.51. The van der Waals surface area contributed by atoms with Crippen LogP contribution in [0, 0.1) is 34.5 Å². The first kappa shape index (κ1) is 17.4. The minimum Gasteiger partial charge on any atom is -0.393 e. The van der Waals surface area contributed by atoms with Gasteiger partial charge in [0.1, 0.15) is 6.17 Å². The number of carbonyl (C=O) groups is 1. The van der Waals surface area contributed by atoms with Gasteiger partial charge in [0.15, 0.2) is 5.78 Å². The molecule has 2 N–H and O–H groups in total. The highest BCUT2D eigenvalue weighted by molar-refractivity contribution is 6.05. The molecular weight excluding hydrogens is 319 g/mol. The third-order valence-corrected chi connectivity index (χ3v) is 8.05. The number of aliphatic hydroxyl groups is 2. The van der Waals surface area contributed by atoms with Crippen molar-refractivity contribution in [3.8, 4) is 0 Å². The third-order valence-electron chi connectivity index (χ3n) is 8.05. The molecule has 0 unspecified atom stereocenters. The van der Waals surface area contributed by atoms with Gasteiger partial charge in [0, 0.05) is 11.3 Å². The topological polar surface area (TPSA) is 57.5 Å². The van der Waals surface area contributed by atoms with Gasteiger partial charge in [0.05, 0.1) is 12.2 Å². The molecule has 9 atom stereocenters. The van der Waals surface area contributed by atoms with Gasteiger partial charge < -0.3 is 10.2 Å². The zero-order chi connectivity index (χ0) is 18.3. The molecule has 0 amide bonds. The van der Waals surface area contributed by atoms with E-state index >= 15 is 4.39 Å². The quantitative estimate of drug-likeness (QED) is 0.707. The minimum absolute atomic E-state index is 0.0303. The summed E-state index contributed by atoms with van der Waals surface area (Å²) in [5.41, 5.74) is 0.219. The van der Waals surface area contributed by atoms with Crippen molar-refractivity contribution < 1.29 is 19.4 Å². The number of aliphatic hydroxyl groups excluding tert-OH is 2. The van der Waals surface area contributed by atoms with E-state index in [0.717, 1.165) is 6.42 Å². The summed E-state index contributed by atoms with van der Waals surface area (Å²) in [6.07, 6.45) is 2.97. The lowest BCUT2D eigenvalue weighted by atomic mass is 9.47. The van der Waals surface area contributed by atoms with Crippen molar-refractivity contribution in [1.29, 1.82) is 0 Å². The Morgan fingerprint density at radius 2 is 1.92 bits per heavy atom. The molecule has 0 bridgehead atoms. The Bertz CT molecular complexity index is 683. The molecule has 0 heterocycles. The van der Waals surface area contributed by atoms with Crippen LogP contribution in [-0.2, 0) is 4.79 Å². The van der Waals surface area contributed by atoms with E-state index in [-0.39, 0.29) is 34.9 Å². The molecule has 0 spiro atoms. The Kier molecular flexibility index (Phi) is 3.66. The number of hydrogen-bond acceptors (Lipinski definition) is 3. The summed E-state index contributed by atoms with van der Waals surface area (Å²) in [4.78, 5) is 12.1. The number of halogens is 1. The Morgan fingerprint density at radius 3 is 2.60 bits per heavy atom. The molecule has 0 aliphatic heterocycles. The number of alkyl halides is 1. The van der Waals surface area contributed by atoms with Gasteiger partial charge >= 0.3 is 0 Å². The highest BCUT2D eigenvalue weighted by Crippen LogP contribution is 2.65.